The fraction of sp³-hybridized carbons (Fsp3) is 0.250. The molecule has 0 aliphatic heterocycles. The fourth-order valence-corrected chi connectivity index (χ4v) is 2.64. The van der Waals surface area contributed by atoms with Gasteiger partial charge in [-0.15, -0.1) is 0 Å². The van der Waals surface area contributed by atoms with Gasteiger partial charge in [-0.05, 0) is 50.6 Å². The summed E-state index contributed by atoms with van der Waals surface area (Å²) in [5.74, 6) is 0.514. The number of carbonyl (C=O) groups is 1. The number of benzene rings is 1. The van der Waals surface area contributed by atoms with Gasteiger partial charge in [-0.3, -0.25) is 4.79 Å². The summed E-state index contributed by atoms with van der Waals surface area (Å²) < 4.78 is 7.12. The zero-order valence-electron chi connectivity index (χ0n) is 15.2. The molecule has 0 saturated carbocycles. The number of amides is 1. The molecule has 2 heterocycles. The Morgan fingerprint density at radius 1 is 1.15 bits per heavy atom. The number of methoxy groups -OCH3 is 1. The van der Waals surface area contributed by atoms with Crippen molar-refractivity contribution in [1.29, 1.82) is 0 Å². The molecule has 26 heavy (non-hydrogen) atoms. The molecule has 0 bridgehead atoms. The van der Waals surface area contributed by atoms with E-state index in [1.807, 2.05) is 54.8 Å². The Morgan fingerprint density at radius 3 is 2.58 bits per heavy atom. The summed E-state index contributed by atoms with van der Waals surface area (Å²) in [6, 6.07) is 13.3. The average Bonchev–Trinajstić information content (AvgIpc) is 3.00. The van der Waals surface area contributed by atoms with Crippen LogP contribution in [0.1, 0.15) is 23.5 Å². The van der Waals surface area contributed by atoms with E-state index in [1.54, 1.807) is 19.5 Å². The SMILES string of the molecule is COc1cccc(CCC(=O)Nc2ccc(-n3cnc(C)c3C)cc2)n1. The molecule has 0 saturated heterocycles. The van der Waals surface area contributed by atoms with Crippen LogP contribution < -0.4 is 10.1 Å². The Hall–Kier alpha value is -3.15. The predicted molar refractivity (Wildman–Crippen MR) is 101 cm³/mol. The van der Waals surface area contributed by atoms with E-state index in [9.17, 15) is 4.79 Å². The van der Waals surface area contributed by atoms with Crippen LogP contribution in [-0.4, -0.2) is 27.6 Å². The molecule has 1 N–H and O–H groups in total. The van der Waals surface area contributed by atoms with E-state index in [1.165, 1.54) is 0 Å². The first kappa shape index (κ1) is 17.7. The van der Waals surface area contributed by atoms with Crippen LogP contribution in [0.2, 0.25) is 0 Å². The molecule has 6 heteroatoms. The van der Waals surface area contributed by atoms with Gasteiger partial charge in [-0.1, -0.05) is 6.07 Å². The average molecular weight is 350 g/mol. The largest absolute Gasteiger partial charge is 0.481 e. The molecular weight excluding hydrogens is 328 g/mol. The lowest BCUT2D eigenvalue weighted by Gasteiger charge is -2.09. The minimum absolute atomic E-state index is 0.0444. The Kier molecular flexibility index (Phi) is 5.31. The second-order valence-electron chi connectivity index (χ2n) is 6.05. The maximum absolute atomic E-state index is 12.2. The quantitative estimate of drug-likeness (QED) is 0.739. The highest BCUT2D eigenvalue weighted by atomic mass is 16.5. The number of pyridine rings is 1. The fourth-order valence-electron chi connectivity index (χ4n) is 2.64. The third-order valence-corrected chi connectivity index (χ3v) is 4.28. The highest BCUT2D eigenvalue weighted by molar-refractivity contribution is 5.90. The first-order chi connectivity index (χ1) is 12.6. The van der Waals surface area contributed by atoms with Gasteiger partial charge in [0.05, 0.1) is 19.1 Å². The summed E-state index contributed by atoms with van der Waals surface area (Å²) in [4.78, 5) is 20.8. The van der Waals surface area contributed by atoms with Crippen molar-refractivity contribution in [3.8, 4) is 11.6 Å². The minimum atomic E-state index is -0.0444. The minimum Gasteiger partial charge on any atom is -0.481 e. The first-order valence-electron chi connectivity index (χ1n) is 8.47. The van der Waals surface area contributed by atoms with Gasteiger partial charge in [0.15, 0.2) is 0 Å². The molecule has 0 radical (unpaired) electrons. The number of nitrogens with one attached hydrogen (secondary N) is 1. The molecule has 1 amide bonds. The van der Waals surface area contributed by atoms with E-state index in [0.29, 0.717) is 18.7 Å². The number of imidazole rings is 1. The molecule has 3 rings (SSSR count). The maximum Gasteiger partial charge on any atom is 0.224 e. The smallest absolute Gasteiger partial charge is 0.224 e. The van der Waals surface area contributed by atoms with Gasteiger partial charge in [0.25, 0.3) is 0 Å². The van der Waals surface area contributed by atoms with Crippen LogP contribution in [0.15, 0.2) is 48.8 Å². The first-order valence-corrected chi connectivity index (χ1v) is 8.47. The van der Waals surface area contributed by atoms with Gasteiger partial charge in [-0.2, -0.15) is 0 Å². The highest BCUT2D eigenvalue weighted by Gasteiger charge is 2.07. The number of aromatic nitrogens is 3. The van der Waals surface area contributed by atoms with Crippen LogP contribution in [0.25, 0.3) is 5.69 Å². The zero-order valence-corrected chi connectivity index (χ0v) is 15.2. The summed E-state index contributed by atoms with van der Waals surface area (Å²) in [6.07, 6.45) is 2.73. The summed E-state index contributed by atoms with van der Waals surface area (Å²) >= 11 is 0. The van der Waals surface area contributed by atoms with Gasteiger partial charge in [0, 0.05) is 35.2 Å². The van der Waals surface area contributed by atoms with Crippen molar-refractivity contribution in [2.75, 3.05) is 12.4 Å². The third-order valence-electron chi connectivity index (χ3n) is 4.28. The molecule has 0 fully saturated rings. The number of anilines is 1. The predicted octanol–water partition coefficient (Wildman–Crippen LogP) is 3.46. The Balaban J connectivity index is 1.58. The Labute approximate surface area is 152 Å². The van der Waals surface area contributed by atoms with Crippen LogP contribution in [0.4, 0.5) is 5.69 Å². The molecule has 0 spiro atoms. The number of hydrogen-bond acceptors (Lipinski definition) is 4. The van der Waals surface area contributed by atoms with Crippen LogP contribution in [-0.2, 0) is 11.2 Å². The molecule has 134 valence electrons. The van der Waals surface area contributed by atoms with E-state index in [2.05, 4.69) is 15.3 Å². The molecule has 0 aliphatic carbocycles. The van der Waals surface area contributed by atoms with E-state index in [4.69, 9.17) is 4.74 Å². The van der Waals surface area contributed by atoms with Gasteiger partial charge >= 0.3 is 0 Å². The van der Waals surface area contributed by atoms with Crippen LogP contribution in [0, 0.1) is 13.8 Å². The van der Waals surface area contributed by atoms with Crippen molar-refractivity contribution in [2.45, 2.75) is 26.7 Å². The number of aryl methyl sites for hydroxylation is 2. The van der Waals surface area contributed by atoms with E-state index < -0.39 is 0 Å². The van der Waals surface area contributed by atoms with Crippen LogP contribution >= 0.6 is 0 Å². The molecule has 1 aromatic carbocycles. The lowest BCUT2D eigenvalue weighted by atomic mass is 10.2. The standard InChI is InChI=1S/C20H22N4O2/c1-14-15(2)24(13-21-14)18-10-7-17(8-11-18)22-19(25)12-9-16-5-4-6-20(23-16)26-3/h4-8,10-11,13H,9,12H2,1-3H3,(H,22,25). The van der Waals surface area contributed by atoms with Gasteiger partial charge in [-0.25, -0.2) is 9.97 Å². The number of rotatable bonds is 6. The second kappa shape index (κ2) is 7.82. The molecule has 0 aliphatic rings. The molecule has 6 nitrogen and oxygen atoms in total. The van der Waals surface area contributed by atoms with Gasteiger partial charge in [0.2, 0.25) is 11.8 Å². The zero-order chi connectivity index (χ0) is 18.5. The normalized spacial score (nSPS) is 10.6. The van der Waals surface area contributed by atoms with Crippen molar-refractivity contribution in [2.24, 2.45) is 0 Å². The summed E-state index contributed by atoms with van der Waals surface area (Å²) in [5.41, 5.74) is 4.73. The summed E-state index contributed by atoms with van der Waals surface area (Å²) in [6.45, 7) is 4.02. The van der Waals surface area contributed by atoms with Crippen molar-refractivity contribution in [1.82, 2.24) is 14.5 Å². The molecule has 0 unspecified atom stereocenters. The third kappa shape index (κ3) is 4.08. The van der Waals surface area contributed by atoms with E-state index >= 15 is 0 Å². The molecular formula is C20H22N4O2. The van der Waals surface area contributed by atoms with Crippen molar-refractivity contribution in [3.63, 3.8) is 0 Å². The Bertz CT molecular complexity index is 900. The second-order valence-corrected chi connectivity index (χ2v) is 6.05. The molecule has 3 aromatic rings. The van der Waals surface area contributed by atoms with Gasteiger partial charge < -0.3 is 14.6 Å². The van der Waals surface area contributed by atoms with Crippen molar-refractivity contribution in [3.05, 3.63) is 65.9 Å². The van der Waals surface area contributed by atoms with Crippen LogP contribution in [0.3, 0.4) is 0 Å². The number of hydrogen-bond donors (Lipinski definition) is 1. The highest BCUT2D eigenvalue weighted by Crippen LogP contribution is 2.17. The van der Waals surface area contributed by atoms with Gasteiger partial charge in [0.1, 0.15) is 0 Å². The monoisotopic (exact) mass is 350 g/mol. The van der Waals surface area contributed by atoms with Crippen LogP contribution in [0.5, 0.6) is 5.88 Å². The van der Waals surface area contributed by atoms with E-state index in [-0.39, 0.29) is 5.91 Å². The molecule has 2 aromatic heterocycles. The Morgan fingerprint density at radius 2 is 1.92 bits per heavy atom. The maximum atomic E-state index is 12.2. The summed E-state index contributed by atoms with van der Waals surface area (Å²) in [5, 5.41) is 2.92. The van der Waals surface area contributed by atoms with E-state index in [0.717, 1.165) is 28.5 Å². The number of ether oxygens (including phenoxy) is 1. The topological polar surface area (TPSA) is 69.0 Å². The molecule has 0 atom stereocenters. The lowest BCUT2D eigenvalue weighted by molar-refractivity contribution is -0.116. The van der Waals surface area contributed by atoms with Crippen molar-refractivity contribution < 1.29 is 9.53 Å². The summed E-state index contributed by atoms with van der Waals surface area (Å²) in [7, 11) is 1.58. The van der Waals surface area contributed by atoms with Crippen molar-refractivity contribution >= 4 is 11.6 Å². The number of carbonyl (C=O) groups excluding carboxylic acids is 1. The lowest BCUT2D eigenvalue weighted by Crippen LogP contribution is -2.12. The number of nitrogens with zero attached hydrogens (tertiary/aromatic N) is 3.